The second-order valence-electron chi connectivity index (χ2n) is 2.07. The van der Waals surface area contributed by atoms with Gasteiger partial charge in [-0.25, -0.2) is 4.98 Å². The van der Waals surface area contributed by atoms with E-state index in [0.717, 1.165) is 4.47 Å². The van der Waals surface area contributed by atoms with Crippen molar-refractivity contribution >= 4 is 27.5 Å². The molecule has 0 aliphatic heterocycles. The van der Waals surface area contributed by atoms with Gasteiger partial charge in [0.25, 0.3) is 0 Å². The molecule has 0 aliphatic rings. The van der Waals surface area contributed by atoms with Gasteiger partial charge in [-0.15, -0.1) is 0 Å². The topological polar surface area (TPSA) is 48.1 Å². The summed E-state index contributed by atoms with van der Waals surface area (Å²) < 4.78 is 6.05. The minimum Gasteiger partial charge on any atom is -0.491 e. The molecular formula is C7H8BrClN2O. The summed E-state index contributed by atoms with van der Waals surface area (Å²) in [5.41, 5.74) is 5.28. The van der Waals surface area contributed by atoms with Crippen molar-refractivity contribution < 1.29 is 4.74 Å². The molecule has 1 aromatic heterocycles. The van der Waals surface area contributed by atoms with Crippen LogP contribution in [-0.4, -0.2) is 18.1 Å². The molecule has 0 bridgehead atoms. The van der Waals surface area contributed by atoms with E-state index < -0.39 is 0 Å². The third kappa shape index (κ3) is 2.62. The lowest BCUT2D eigenvalue weighted by atomic mass is 10.4. The van der Waals surface area contributed by atoms with Crippen LogP contribution < -0.4 is 10.5 Å². The highest BCUT2D eigenvalue weighted by Gasteiger charge is 2.01. The lowest BCUT2D eigenvalue weighted by molar-refractivity contribution is 0.326. The number of pyridine rings is 1. The average molecular weight is 252 g/mol. The Morgan fingerprint density at radius 1 is 1.67 bits per heavy atom. The fourth-order valence-corrected chi connectivity index (χ4v) is 1.16. The molecule has 1 aromatic rings. The Bertz CT molecular complexity index is 270. The quantitative estimate of drug-likeness (QED) is 0.834. The number of ether oxygens (including phenoxy) is 1. The van der Waals surface area contributed by atoms with Crippen LogP contribution in [0.25, 0.3) is 0 Å². The van der Waals surface area contributed by atoms with E-state index in [0.29, 0.717) is 24.1 Å². The summed E-state index contributed by atoms with van der Waals surface area (Å²) in [7, 11) is 0. The second-order valence-corrected chi connectivity index (χ2v) is 3.32. The predicted octanol–water partition coefficient (Wildman–Crippen LogP) is 1.83. The molecular weight excluding hydrogens is 243 g/mol. The molecule has 1 rings (SSSR count). The van der Waals surface area contributed by atoms with Crippen LogP contribution >= 0.6 is 27.5 Å². The molecule has 66 valence electrons. The third-order valence-electron chi connectivity index (χ3n) is 1.16. The lowest BCUT2D eigenvalue weighted by Gasteiger charge is -2.05. The normalized spacial score (nSPS) is 9.92. The van der Waals surface area contributed by atoms with Gasteiger partial charge in [-0.1, -0.05) is 11.6 Å². The zero-order chi connectivity index (χ0) is 8.97. The molecule has 12 heavy (non-hydrogen) atoms. The van der Waals surface area contributed by atoms with Gasteiger partial charge < -0.3 is 10.5 Å². The first kappa shape index (κ1) is 9.77. The van der Waals surface area contributed by atoms with E-state index in [2.05, 4.69) is 20.9 Å². The summed E-state index contributed by atoms with van der Waals surface area (Å²) in [5.74, 6) is 0.667. The Labute approximate surface area is 84.0 Å². The van der Waals surface area contributed by atoms with E-state index in [-0.39, 0.29) is 0 Å². The number of halogens is 2. The number of nitrogens with zero attached hydrogens (tertiary/aromatic N) is 1. The van der Waals surface area contributed by atoms with Gasteiger partial charge in [-0.3, -0.25) is 0 Å². The average Bonchev–Trinajstić information content (AvgIpc) is 2.07. The van der Waals surface area contributed by atoms with Crippen molar-refractivity contribution in [3.63, 3.8) is 0 Å². The number of nitrogens with two attached hydrogens (primary N) is 1. The highest BCUT2D eigenvalue weighted by molar-refractivity contribution is 9.10. The molecule has 0 aromatic carbocycles. The van der Waals surface area contributed by atoms with E-state index in [1.165, 1.54) is 0 Å². The smallest absolute Gasteiger partial charge is 0.138 e. The molecule has 1 heterocycles. The Balaban J connectivity index is 2.75. The standard InChI is InChI=1S/C7H8BrClN2O/c8-5-4-11-7(9)3-6(5)12-2-1-10/h3-4H,1-2,10H2. The van der Waals surface area contributed by atoms with Crippen molar-refractivity contribution in [3.05, 3.63) is 21.9 Å². The maximum Gasteiger partial charge on any atom is 0.138 e. The van der Waals surface area contributed by atoms with Gasteiger partial charge >= 0.3 is 0 Å². The van der Waals surface area contributed by atoms with Crippen molar-refractivity contribution in [1.82, 2.24) is 4.98 Å². The summed E-state index contributed by atoms with van der Waals surface area (Å²) in [6.45, 7) is 0.950. The van der Waals surface area contributed by atoms with Crippen molar-refractivity contribution in [3.8, 4) is 5.75 Å². The summed E-state index contributed by atoms with van der Waals surface area (Å²) in [6, 6.07) is 1.64. The first-order chi connectivity index (χ1) is 5.74. The number of hydrogen-bond acceptors (Lipinski definition) is 3. The Kier molecular flexibility index (Phi) is 3.78. The van der Waals surface area contributed by atoms with Gasteiger partial charge in [0.2, 0.25) is 0 Å². The monoisotopic (exact) mass is 250 g/mol. The lowest BCUT2D eigenvalue weighted by Crippen LogP contribution is -2.10. The maximum atomic E-state index is 5.65. The summed E-state index contributed by atoms with van der Waals surface area (Å²) in [6.07, 6.45) is 1.59. The van der Waals surface area contributed by atoms with Crippen LogP contribution in [0, 0.1) is 0 Å². The molecule has 0 amide bonds. The molecule has 0 saturated heterocycles. The van der Waals surface area contributed by atoms with Crippen molar-refractivity contribution in [2.24, 2.45) is 5.73 Å². The number of hydrogen-bond donors (Lipinski definition) is 1. The third-order valence-corrected chi connectivity index (χ3v) is 1.96. The van der Waals surface area contributed by atoms with Gasteiger partial charge in [-0.05, 0) is 15.9 Å². The maximum absolute atomic E-state index is 5.65. The van der Waals surface area contributed by atoms with Gasteiger partial charge in [0.15, 0.2) is 0 Å². The van der Waals surface area contributed by atoms with Crippen molar-refractivity contribution in [2.75, 3.05) is 13.2 Å². The van der Waals surface area contributed by atoms with Crippen LogP contribution in [0.2, 0.25) is 5.15 Å². The molecule has 0 unspecified atom stereocenters. The molecule has 3 nitrogen and oxygen atoms in total. The van der Waals surface area contributed by atoms with Gasteiger partial charge in [0, 0.05) is 18.8 Å². The van der Waals surface area contributed by atoms with Crippen LogP contribution in [-0.2, 0) is 0 Å². The van der Waals surface area contributed by atoms with Crippen molar-refractivity contribution in [1.29, 1.82) is 0 Å². The van der Waals surface area contributed by atoms with Gasteiger partial charge in [0.1, 0.15) is 17.5 Å². The Morgan fingerprint density at radius 2 is 2.42 bits per heavy atom. The largest absolute Gasteiger partial charge is 0.491 e. The van der Waals surface area contributed by atoms with Crippen LogP contribution in [0.3, 0.4) is 0 Å². The van der Waals surface area contributed by atoms with E-state index in [9.17, 15) is 0 Å². The summed E-state index contributed by atoms with van der Waals surface area (Å²) in [4.78, 5) is 3.85. The minimum atomic E-state index is 0.408. The van der Waals surface area contributed by atoms with E-state index in [1.807, 2.05) is 0 Å². The van der Waals surface area contributed by atoms with Crippen LogP contribution in [0.4, 0.5) is 0 Å². The van der Waals surface area contributed by atoms with Gasteiger partial charge in [-0.2, -0.15) is 0 Å². The zero-order valence-corrected chi connectivity index (χ0v) is 8.60. The van der Waals surface area contributed by atoms with Gasteiger partial charge in [0.05, 0.1) is 4.47 Å². The first-order valence-electron chi connectivity index (χ1n) is 3.38. The predicted molar refractivity (Wildman–Crippen MR) is 51.5 cm³/mol. The van der Waals surface area contributed by atoms with Crippen LogP contribution in [0.15, 0.2) is 16.7 Å². The van der Waals surface area contributed by atoms with E-state index >= 15 is 0 Å². The zero-order valence-electron chi connectivity index (χ0n) is 6.26. The van der Waals surface area contributed by atoms with Crippen molar-refractivity contribution in [2.45, 2.75) is 0 Å². The fourth-order valence-electron chi connectivity index (χ4n) is 0.676. The second kappa shape index (κ2) is 4.64. The molecule has 0 atom stereocenters. The number of rotatable bonds is 3. The van der Waals surface area contributed by atoms with Crippen LogP contribution in [0.1, 0.15) is 0 Å². The molecule has 5 heteroatoms. The summed E-state index contributed by atoms with van der Waals surface area (Å²) in [5, 5.41) is 0.408. The first-order valence-corrected chi connectivity index (χ1v) is 4.55. The molecule has 0 radical (unpaired) electrons. The number of aromatic nitrogens is 1. The molecule has 0 fully saturated rings. The fraction of sp³-hybridized carbons (Fsp3) is 0.286. The molecule has 0 saturated carbocycles. The molecule has 2 N–H and O–H groups in total. The van der Waals surface area contributed by atoms with Crippen LogP contribution in [0.5, 0.6) is 5.75 Å². The molecule has 0 aliphatic carbocycles. The molecule has 0 spiro atoms. The Morgan fingerprint density at radius 3 is 3.08 bits per heavy atom. The van der Waals surface area contributed by atoms with E-state index in [4.69, 9.17) is 22.1 Å². The highest BCUT2D eigenvalue weighted by atomic mass is 79.9. The SMILES string of the molecule is NCCOc1cc(Cl)ncc1Br. The summed E-state index contributed by atoms with van der Waals surface area (Å²) >= 11 is 8.93. The van der Waals surface area contributed by atoms with E-state index in [1.54, 1.807) is 12.3 Å². The Hall–Kier alpha value is -0.320. The minimum absolute atomic E-state index is 0.408. The highest BCUT2D eigenvalue weighted by Crippen LogP contribution is 2.25.